The number of pyridine rings is 1. The average Bonchev–Trinajstić information content (AvgIpc) is 2.61. The molecule has 1 unspecified atom stereocenters. The van der Waals surface area contributed by atoms with Crippen LogP contribution in [0, 0.1) is 0 Å². The molecule has 1 aromatic carbocycles. The number of hydrogen-bond acceptors (Lipinski definition) is 4. The van der Waals surface area contributed by atoms with E-state index in [1.807, 2.05) is 32.9 Å². The molecule has 0 aliphatic carbocycles. The van der Waals surface area contributed by atoms with Gasteiger partial charge >= 0.3 is 0 Å². The Bertz CT molecular complexity index is 707. The fraction of sp³-hybridized carbons (Fsp3) is 0.368. The summed E-state index contributed by atoms with van der Waals surface area (Å²) in [6.45, 7) is 6.77. The van der Waals surface area contributed by atoms with Crippen LogP contribution in [0.1, 0.15) is 49.2 Å². The maximum atomic E-state index is 12.6. The highest BCUT2D eigenvalue weighted by Gasteiger charge is 2.18. The zero-order valence-corrected chi connectivity index (χ0v) is 15.5. The summed E-state index contributed by atoms with van der Waals surface area (Å²) in [6, 6.07) is 6.83. The summed E-state index contributed by atoms with van der Waals surface area (Å²) in [7, 11) is 0. The molecular formula is C19H23ClN2O3. The van der Waals surface area contributed by atoms with Crippen LogP contribution in [0.3, 0.4) is 0 Å². The third-order valence-electron chi connectivity index (χ3n) is 3.55. The third-order valence-corrected chi connectivity index (χ3v) is 3.83. The average molecular weight is 363 g/mol. The molecular weight excluding hydrogens is 340 g/mol. The van der Waals surface area contributed by atoms with Crippen LogP contribution in [0.15, 0.2) is 36.7 Å². The molecule has 0 aliphatic rings. The van der Waals surface area contributed by atoms with Gasteiger partial charge in [0.05, 0.1) is 24.3 Å². The summed E-state index contributed by atoms with van der Waals surface area (Å²) in [5.74, 6) is 0.714. The predicted octanol–water partition coefficient (Wildman–Crippen LogP) is 4.41. The van der Waals surface area contributed by atoms with Crippen LogP contribution < -0.4 is 14.8 Å². The molecule has 25 heavy (non-hydrogen) atoms. The van der Waals surface area contributed by atoms with Crippen LogP contribution in [0.2, 0.25) is 5.02 Å². The van der Waals surface area contributed by atoms with Crippen LogP contribution in [-0.4, -0.2) is 24.1 Å². The Morgan fingerprint density at radius 2 is 2.12 bits per heavy atom. The Hall–Kier alpha value is -2.27. The molecule has 1 heterocycles. The van der Waals surface area contributed by atoms with Crippen molar-refractivity contribution in [3.63, 3.8) is 0 Å². The highest BCUT2D eigenvalue weighted by atomic mass is 35.5. The molecule has 0 bridgehead atoms. The molecule has 2 aromatic rings. The van der Waals surface area contributed by atoms with Gasteiger partial charge in [0.1, 0.15) is 0 Å². The number of ether oxygens (including phenoxy) is 2. The largest absolute Gasteiger partial charge is 0.490 e. The zero-order valence-electron chi connectivity index (χ0n) is 14.7. The lowest BCUT2D eigenvalue weighted by molar-refractivity contribution is 0.0939. The summed E-state index contributed by atoms with van der Waals surface area (Å²) < 4.78 is 11.3. The zero-order chi connectivity index (χ0) is 18.2. The van der Waals surface area contributed by atoms with Gasteiger partial charge in [0, 0.05) is 18.0 Å². The summed E-state index contributed by atoms with van der Waals surface area (Å²) in [5, 5.41) is 3.30. The van der Waals surface area contributed by atoms with E-state index in [0.717, 1.165) is 12.0 Å². The SMILES string of the molecule is CCCOc1c(Cl)cc(C(=O)NC(C)c2cccnc2)cc1OCC. The van der Waals surface area contributed by atoms with Gasteiger partial charge in [0.2, 0.25) is 0 Å². The van der Waals surface area contributed by atoms with E-state index in [1.54, 1.807) is 24.5 Å². The second-order valence-electron chi connectivity index (χ2n) is 5.55. The molecule has 2 rings (SSSR count). The minimum atomic E-state index is -0.235. The lowest BCUT2D eigenvalue weighted by Crippen LogP contribution is -2.26. The van der Waals surface area contributed by atoms with Crippen molar-refractivity contribution in [1.29, 1.82) is 0 Å². The highest BCUT2D eigenvalue weighted by Crippen LogP contribution is 2.37. The van der Waals surface area contributed by atoms with Crippen molar-refractivity contribution in [2.45, 2.75) is 33.2 Å². The molecule has 0 aliphatic heterocycles. The Balaban J connectivity index is 2.21. The quantitative estimate of drug-likeness (QED) is 0.755. The van der Waals surface area contributed by atoms with Crippen LogP contribution in [0.4, 0.5) is 0 Å². The number of hydrogen-bond donors (Lipinski definition) is 1. The normalized spacial score (nSPS) is 11.7. The summed E-state index contributed by atoms with van der Waals surface area (Å²) in [5.41, 5.74) is 1.35. The number of carbonyl (C=O) groups excluding carboxylic acids is 1. The Morgan fingerprint density at radius 3 is 2.76 bits per heavy atom. The molecule has 5 nitrogen and oxygen atoms in total. The fourth-order valence-corrected chi connectivity index (χ4v) is 2.57. The maximum absolute atomic E-state index is 12.6. The molecule has 1 amide bonds. The molecule has 0 fully saturated rings. The molecule has 134 valence electrons. The first-order valence-corrected chi connectivity index (χ1v) is 8.74. The molecule has 0 radical (unpaired) electrons. The van der Waals surface area contributed by atoms with Gasteiger partial charge in [-0.3, -0.25) is 9.78 Å². The van der Waals surface area contributed by atoms with E-state index in [1.165, 1.54) is 0 Å². The first-order chi connectivity index (χ1) is 12.1. The third kappa shape index (κ3) is 5.10. The van der Waals surface area contributed by atoms with Crippen molar-refractivity contribution >= 4 is 17.5 Å². The Labute approximate surface area is 153 Å². The number of nitrogens with one attached hydrogen (secondary N) is 1. The van der Waals surface area contributed by atoms with Crippen molar-refractivity contribution in [3.05, 3.63) is 52.8 Å². The number of halogens is 1. The fourth-order valence-electron chi connectivity index (χ4n) is 2.30. The Kier molecular flexibility index (Phi) is 7.07. The van der Waals surface area contributed by atoms with E-state index in [9.17, 15) is 4.79 Å². The minimum absolute atomic E-state index is 0.175. The summed E-state index contributed by atoms with van der Waals surface area (Å²) in [4.78, 5) is 16.6. The molecule has 0 saturated carbocycles. The minimum Gasteiger partial charge on any atom is -0.490 e. The second kappa shape index (κ2) is 9.28. The van der Waals surface area contributed by atoms with Crippen LogP contribution >= 0.6 is 11.6 Å². The highest BCUT2D eigenvalue weighted by molar-refractivity contribution is 6.32. The predicted molar refractivity (Wildman–Crippen MR) is 98.5 cm³/mol. The van der Waals surface area contributed by atoms with Crippen LogP contribution in [0.25, 0.3) is 0 Å². The van der Waals surface area contributed by atoms with Gasteiger partial charge in [-0.25, -0.2) is 0 Å². The van der Waals surface area contributed by atoms with Crippen molar-refractivity contribution in [2.75, 3.05) is 13.2 Å². The van der Waals surface area contributed by atoms with E-state index in [2.05, 4.69) is 10.3 Å². The molecule has 0 saturated heterocycles. The molecule has 1 atom stereocenters. The van der Waals surface area contributed by atoms with Gasteiger partial charge in [-0.15, -0.1) is 0 Å². The van der Waals surface area contributed by atoms with Gasteiger partial charge in [0.15, 0.2) is 11.5 Å². The number of nitrogens with zero attached hydrogens (tertiary/aromatic N) is 1. The van der Waals surface area contributed by atoms with Crippen molar-refractivity contribution < 1.29 is 14.3 Å². The Morgan fingerprint density at radius 1 is 1.32 bits per heavy atom. The smallest absolute Gasteiger partial charge is 0.251 e. The van der Waals surface area contributed by atoms with E-state index in [0.29, 0.717) is 35.3 Å². The number of aromatic nitrogens is 1. The van der Waals surface area contributed by atoms with Gasteiger partial charge in [-0.2, -0.15) is 0 Å². The van der Waals surface area contributed by atoms with E-state index >= 15 is 0 Å². The monoisotopic (exact) mass is 362 g/mol. The number of rotatable bonds is 8. The van der Waals surface area contributed by atoms with Gasteiger partial charge in [0.25, 0.3) is 5.91 Å². The van der Waals surface area contributed by atoms with Gasteiger partial charge in [-0.1, -0.05) is 24.6 Å². The first-order valence-electron chi connectivity index (χ1n) is 8.36. The summed E-state index contributed by atoms with van der Waals surface area (Å²) >= 11 is 6.31. The molecule has 0 spiro atoms. The lowest BCUT2D eigenvalue weighted by atomic mass is 10.1. The van der Waals surface area contributed by atoms with Crippen molar-refractivity contribution in [1.82, 2.24) is 10.3 Å². The summed E-state index contributed by atoms with van der Waals surface area (Å²) in [6.07, 6.45) is 4.28. The number of benzene rings is 1. The molecule has 1 aromatic heterocycles. The van der Waals surface area contributed by atoms with Crippen LogP contribution in [0.5, 0.6) is 11.5 Å². The van der Waals surface area contributed by atoms with E-state index < -0.39 is 0 Å². The second-order valence-corrected chi connectivity index (χ2v) is 5.96. The first kappa shape index (κ1) is 19.1. The van der Waals surface area contributed by atoms with E-state index in [-0.39, 0.29) is 11.9 Å². The molecule has 6 heteroatoms. The maximum Gasteiger partial charge on any atom is 0.251 e. The van der Waals surface area contributed by atoms with Gasteiger partial charge in [-0.05, 0) is 44.0 Å². The standard InChI is InChI=1S/C19H23ClN2O3/c1-4-9-25-18-16(20)10-15(11-17(18)24-5-2)19(23)22-13(3)14-7-6-8-21-12-14/h6-8,10-13H,4-5,9H2,1-3H3,(H,22,23). The van der Waals surface area contributed by atoms with E-state index in [4.69, 9.17) is 21.1 Å². The molecule has 1 N–H and O–H groups in total. The van der Waals surface area contributed by atoms with Crippen LogP contribution in [-0.2, 0) is 0 Å². The van der Waals surface area contributed by atoms with Gasteiger partial charge < -0.3 is 14.8 Å². The topological polar surface area (TPSA) is 60.5 Å². The number of amides is 1. The number of carbonyl (C=O) groups is 1. The van der Waals surface area contributed by atoms with Crippen molar-refractivity contribution in [2.24, 2.45) is 0 Å². The lowest BCUT2D eigenvalue weighted by Gasteiger charge is -2.17. The van der Waals surface area contributed by atoms with Crippen molar-refractivity contribution in [3.8, 4) is 11.5 Å².